The van der Waals surface area contributed by atoms with Crippen LogP contribution < -0.4 is 0 Å². The minimum atomic E-state index is 0.488. The zero-order chi connectivity index (χ0) is 27.9. The average Bonchev–Trinajstić information content (AvgIpc) is 3.70. The van der Waals surface area contributed by atoms with Crippen molar-refractivity contribution in [2.45, 2.75) is 0 Å². The predicted octanol–water partition coefficient (Wildman–Crippen LogP) is 7.88. The number of para-hydroxylation sites is 4. The van der Waals surface area contributed by atoms with Crippen LogP contribution in [0.15, 0.2) is 130 Å². The van der Waals surface area contributed by atoms with E-state index in [2.05, 4.69) is 15.0 Å². The molecule has 0 N–H and O–H groups in total. The monoisotopic (exact) mass is 544 g/mol. The standard InChI is InChI=1S/C34H20N6O2/c1-3-10-28-25(7-1)36-33(41-28)23-16-12-21(13-17-23)30-38-31(40-32(39-30)27-9-5-6-20-35-27)22-14-18-24(19-15-22)34-37-26-8-2-4-11-29(26)42-34/h1-20H. The number of fused-ring (bicyclic) bond motifs is 2. The summed E-state index contributed by atoms with van der Waals surface area (Å²) in [4.78, 5) is 28.1. The topological polar surface area (TPSA) is 104 Å². The van der Waals surface area contributed by atoms with E-state index in [1.54, 1.807) is 6.20 Å². The van der Waals surface area contributed by atoms with Crippen LogP contribution in [-0.2, 0) is 0 Å². The van der Waals surface area contributed by atoms with E-state index in [1.165, 1.54) is 0 Å². The highest BCUT2D eigenvalue weighted by atomic mass is 16.4. The van der Waals surface area contributed by atoms with Gasteiger partial charge in [-0.05, 0) is 60.7 Å². The molecular formula is C34H20N6O2. The zero-order valence-electron chi connectivity index (χ0n) is 22.0. The summed E-state index contributed by atoms with van der Waals surface area (Å²) >= 11 is 0. The molecule has 8 aromatic rings. The van der Waals surface area contributed by atoms with Gasteiger partial charge in [0.15, 0.2) is 28.6 Å². The Morgan fingerprint density at radius 3 is 1.31 bits per heavy atom. The Bertz CT molecular complexity index is 1990. The lowest BCUT2D eigenvalue weighted by Gasteiger charge is -2.08. The summed E-state index contributed by atoms with van der Waals surface area (Å²) in [6.07, 6.45) is 1.72. The van der Waals surface area contributed by atoms with Crippen molar-refractivity contribution in [2.24, 2.45) is 0 Å². The molecule has 0 aliphatic heterocycles. The van der Waals surface area contributed by atoms with Crippen molar-refractivity contribution in [1.29, 1.82) is 0 Å². The van der Waals surface area contributed by atoms with Gasteiger partial charge < -0.3 is 8.83 Å². The van der Waals surface area contributed by atoms with Gasteiger partial charge in [-0.15, -0.1) is 0 Å². The van der Waals surface area contributed by atoms with Crippen LogP contribution in [-0.4, -0.2) is 29.9 Å². The van der Waals surface area contributed by atoms with Crippen LogP contribution in [0, 0.1) is 0 Å². The number of hydrogen-bond acceptors (Lipinski definition) is 8. The second-order valence-corrected chi connectivity index (χ2v) is 9.65. The van der Waals surface area contributed by atoms with Gasteiger partial charge in [0, 0.05) is 28.5 Å². The summed E-state index contributed by atoms with van der Waals surface area (Å²) < 4.78 is 11.9. The molecule has 42 heavy (non-hydrogen) atoms. The van der Waals surface area contributed by atoms with Gasteiger partial charge in [0.1, 0.15) is 16.7 Å². The van der Waals surface area contributed by atoms with Crippen molar-refractivity contribution in [3.8, 4) is 57.2 Å². The number of aromatic nitrogens is 6. The molecule has 0 unspecified atom stereocenters. The maximum Gasteiger partial charge on any atom is 0.227 e. The van der Waals surface area contributed by atoms with E-state index in [1.807, 2.05) is 115 Å². The largest absolute Gasteiger partial charge is 0.436 e. The van der Waals surface area contributed by atoms with Crippen LogP contribution in [0.4, 0.5) is 0 Å². The normalized spacial score (nSPS) is 11.3. The summed E-state index contributed by atoms with van der Waals surface area (Å²) in [6, 6.07) is 36.8. The molecule has 4 aromatic heterocycles. The van der Waals surface area contributed by atoms with E-state index in [4.69, 9.17) is 23.8 Å². The Hall–Kier alpha value is -6.02. The molecule has 0 aliphatic carbocycles. The maximum absolute atomic E-state index is 5.94. The first kappa shape index (κ1) is 23.8. The summed E-state index contributed by atoms with van der Waals surface area (Å²) in [5.74, 6) is 2.68. The molecule has 0 atom stereocenters. The molecule has 0 bridgehead atoms. The third-order valence-electron chi connectivity index (χ3n) is 6.90. The summed E-state index contributed by atoms with van der Waals surface area (Å²) in [5, 5.41) is 0. The van der Waals surface area contributed by atoms with E-state index in [0.717, 1.165) is 44.5 Å². The summed E-state index contributed by atoms with van der Waals surface area (Å²) in [6.45, 7) is 0. The molecular weight excluding hydrogens is 524 g/mol. The third-order valence-corrected chi connectivity index (χ3v) is 6.90. The highest BCUT2D eigenvalue weighted by Crippen LogP contribution is 2.30. The molecule has 0 saturated carbocycles. The fourth-order valence-corrected chi connectivity index (χ4v) is 4.76. The quantitative estimate of drug-likeness (QED) is 0.215. The van der Waals surface area contributed by atoms with Crippen molar-refractivity contribution in [3.05, 3.63) is 121 Å². The minimum absolute atomic E-state index is 0.488. The number of benzene rings is 4. The molecule has 4 aromatic carbocycles. The fourth-order valence-electron chi connectivity index (χ4n) is 4.76. The molecule has 8 nitrogen and oxygen atoms in total. The first-order chi connectivity index (χ1) is 20.8. The van der Waals surface area contributed by atoms with Crippen LogP contribution >= 0.6 is 0 Å². The first-order valence-electron chi connectivity index (χ1n) is 13.4. The van der Waals surface area contributed by atoms with Crippen LogP contribution in [0.5, 0.6) is 0 Å². The van der Waals surface area contributed by atoms with Gasteiger partial charge in [-0.1, -0.05) is 54.6 Å². The van der Waals surface area contributed by atoms with E-state index in [-0.39, 0.29) is 0 Å². The highest BCUT2D eigenvalue weighted by molar-refractivity contribution is 5.78. The van der Waals surface area contributed by atoms with Gasteiger partial charge in [0.25, 0.3) is 0 Å². The maximum atomic E-state index is 5.94. The van der Waals surface area contributed by atoms with Crippen LogP contribution in [0.1, 0.15) is 0 Å². The molecule has 198 valence electrons. The predicted molar refractivity (Wildman–Crippen MR) is 160 cm³/mol. The zero-order valence-corrected chi connectivity index (χ0v) is 22.0. The Morgan fingerprint density at radius 1 is 0.381 bits per heavy atom. The molecule has 8 rings (SSSR count). The molecule has 0 amide bonds. The average molecular weight is 545 g/mol. The number of rotatable bonds is 5. The van der Waals surface area contributed by atoms with Crippen molar-refractivity contribution >= 4 is 22.2 Å². The molecule has 0 fully saturated rings. The van der Waals surface area contributed by atoms with E-state index < -0.39 is 0 Å². The Balaban J connectivity index is 1.17. The van der Waals surface area contributed by atoms with Crippen molar-refractivity contribution in [2.75, 3.05) is 0 Å². The lowest BCUT2D eigenvalue weighted by atomic mass is 10.1. The number of oxazole rings is 2. The Kier molecular flexibility index (Phi) is 5.60. The second kappa shape index (κ2) is 9.87. The van der Waals surface area contributed by atoms with Crippen LogP contribution in [0.25, 0.3) is 79.4 Å². The van der Waals surface area contributed by atoms with Crippen LogP contribution in [0.3, 0.4) is 0 Å². The van der Waals surface area contributed by atoms with Gasteiger partial charge in [-0.25, -0.2) is 24.9 Å². The van der Waals surface area contributed by atoms with Gasteiger partial charge >= 0.3 is 0 Å². The SMILES string of the molecule is c1ccc(-c2nc(-c3ccc(-c4nc5ccccc5o4)cc3)nc(-c3ccc(-c4nc5ccccc5o4)cc3)n2)nc1. The number of nitrogens with zero attached hydrogens (tertiary/aromatic N) is 6. The lowest BCUT2D eigenvalue weighted by molar-refractivity contribution is 0.619. The van der Waals surface area contributed by atoms with E-state index in [0.29, 0.717) is 34.9 Å². The molecule has 0 spiro atoms. The van der Waals surface area contributed by atoms with E-state index in [9.17, 15) is 0 Å². The van der Waals surface area contributed by atoms with Gasteiger partial charge in [-0.3, -0.25) is 4.98 Å². The Morgan fingerprint density at radius 2 is 0.833 bits per heavy atom. The summed E-state index contributed by atoms with van der Waals surface area (Å²) in [5.41, 5.74) is 7.20. The summed E-state index contributed by atoms with van der Waals surface area (Å²) in [7, 11) is 0. The smallest absolute Gasteiger partial charge is 0.227 e. The lowest BCUT2D eigenvalue weighted by Crippen LogP contribution is -2.01. The molecule has 4 heterocycles. The first-order valence-corrected chi connectivity index (χ1v) is 13.4. The van der Waals surface area contributed by atoms with Gasteiger partial charge in [0.2, 0.25) is 11.8 Å². The number of pyridine rings is 1. The molecule has 0 aliphatic rings. The molecule has 0 radical (unpaired) electrons. The fraction of sp³-hybridized carbons (Fsp3) is 0. The van der Waals surface area contributed by atoms with Gasteiger partial charge in [0.05, 0.1) is 0 Å². The van der Waals surface area contributed by atoms with Crippen LogP contribution in [0.2, 0.25) is 0 Å². The minimum Gasteiger partial charge on any atom is -0.436 e. The molecule has 8 heteroatoms. The third kappa shape index (κ3) is 4.37. The van der Waals surface area contributed by atoms with Crippen molar-refractivity contribution in [1.82, 2.24) is 29.9 Å². The Labute approximate surface area is 239 Å². The highest BCUT2D eigenvalue weighted by Gasteiger charge is 2.15. The van der Waals surface area contributed by atoms with Crippen molar-refractivity contribution < 1.29 is 8.83 Å². The van der Waals surface area contributed by atoms with E-state index >= 15 is 0 Å². The van der Waals surface area contributed by atoms with Gasteiger partial charge in [-0.2, -0.15) is 0 Å². The van der Waals surface area contributed by atoms with Crippen molar-refractivity contribution in [3.63, 3.8) is 0 Å². The number of hydrogen-bond donors (Lipinski definition) is 0. The molecule has 0 saturated heterocycles. The second-order valence-electron chi connectivity index (χ2n) is 9.65.